The number of para-hydroxylation sites is 1. The van der Waals surface area contributed by atoms with Crippen molar-refractivity contribution in [3.8, 4) is 6.07 Å². The van der Waals surface area contributed by atoms with Crippen molar-refractivity contribution < 1.29 is 4.79 Å². The number of hydrazine groups is 1. The molecule has 4 N–H and O–H groups in total. The van der Waals surface area contributed by atoms with Crippen LogP contribution in [0.15, 0.2) is 46.9 Å². The molecule has 6 heteroatoms. The van der Waals surface area contributed by atoms with Crippen LogP contribution in [-0.2, 0) is 0 Å². The first kappa shape index (κ1) is 14.1. The number of benzene rings is 2. The minimum absolute atomic E-state index is 0.340. The Morgan fingerprint density at radius 1 is 1.20 bits per heavy atom. The van der Waals surface area contributed by atoms with Gasteiger partial charge in [-0.2, -0.15) is 5.26 Å². The van der Waals surface area contributed by atoms with E-state index in [9.17, 15) is 4.79 Å². The largest absolute Gasteiger partial charge is 0.323 e. The lowest BCUT2D eigenvalue weighted by atomic mass is 10.1. The van der Waals surface area contributed by atoms with Gasteiger partial charge in [0.2, 0.25) is 0 Å². The average Bonchev–Trinajstić information content (AvgIpc) is 2.47. The molecule has 2 rings (SSSR count). The third kappa shape index (κ3) is 2.96. The van der Waals surface area contributed by atoms with Gasteiger partial charge in [0.1, 0.15) is 6.07 Å². The number of carbonyl (C=O) groups excluding carboxylic acids is 1. The first-order valence-electron chi connectivity index (χ1n) is 5.72. The van der Waals surface area contributed by atoms with Crippen LogP contribution in [0.2, 0.25) is 0 Å². The second-order valence-corrected chi connectivity index (χ2v) is 4.86. The first-order chi connectivity index (χ1) is 9.65. The predicted molar refractivity (Wildman–Crippen MR) is 81.1 cm³/mol. The Labute approximate surface area is 124 Å². The van der Waals surface area contributed by atoms with E-state index in [0.717, 1.165) is 4.47 Å². The van der Waals surface area contributed by atoms with Crippen LogP contribution in [0.25, 0.3) is 0 Å². The molecule has 0 saturated heterocycles. The normalized spacial score (nSPS) is 9.65. The van der Waals surface area contributed by atoms with E-state index < -0.39 is 0 Å². The average molecular weight is 331 g/mol. The molecule has 0 aliphatic rings. The van der Waals surface area contributed by atoms with Crippen LogP contribution in [-0.4, -0.2) is 5.91 Å². The third-order valence-corrected chi connectivity index (χ3v) is 3.17. The zero-order chi connectivity index (χ0) is 14.5. The number of halogens is 1. The summed E-state index contributed by atoms with van der Waals surface area (Å²) in [5.41, 5.74) is 4.21. The van der Waals surface area contributed by atoms with Crippen molar-refractivity contribution in [1.82, 2.24) is 0 Å². The SMILES string of the molecule is N#Cc1ccc(Br)cc1NC(=O)c1ccccc1NN. The molecule has 0 fully saturated rings. The molecular formula is C14H11BrN4O. The van der Waals surface area contributed by atoms with Crippen LogP contribution >= 0.6 is 15.9 Å². The molecular weight excluding hydrogens is 320 g/mol. The van der Waals surface area contributed by atoms with E-state index in [2.05, 4.69) is 26.7 Å². The Balaban J connectivity index is 2.33. The van der Waals surface area contributed by atoms with E-state index in [-0.39, 0.29) is 5.91 Å². The molecule has 2 aromatic carbocycles. The molecule has 100 valence electrons. The van der Waals surface area contributed by atoms with Gasteiger partial charge in [0, 0.05) is 4.47 Å². The molecule has 2 aromatic rings. The Hall–Kier alpha value is -2.36. The third-order valence-electron chi connectivity index (χ3n) is 2.68. The Kier molecular flexibility index (Phi) is 4.35. The van der Waals surface area contributed by atoms with Gasteiger partial charge in [0.05, 0.1) is 22.5 Å². The number of carbonyl (C=O) groups is 1. The fourth-order valence-corrected chi connectivity index (χ4v) is 2.08. The van der Waals surface area contributed by atoms with Crippen LogP contribution in [0.3, 0.4) is 0 Å². The van der Waals surface area contributed by atoms with E-state index in [1.165, 1.54) is 0 Å². The maximum Gasteiger partial charge on any atom is 0.257 e. The highest BCUT2D eigenvalue weighted by atomic mass is 79.9. The molecule has 0 aliphatic carbocycles. The minimum atomic E-state index is -0.340. The van der Waals surface area contributed by atoms with Crippen LogP contribution in [0, 0.1) is 11.3 Å². The van der Waals surface area contributed by atoms with Gasteiger partial charge in [-0.15, -0.1) is 0 Å². The maximum atomic E-state index is 12.2. The number of amides is 1. The lowest BCUT2D eigenvalue weighted by Crippen LogP contribution is -2.17. The summed E-state index contributed by atoms with van der Waals surface area (Å²) >= 11 is 3.31. The van der Waals surface area contributed by atoms with Crippen molar-refractivity contribution in [3.05, 3.63) is 58.1 Å². The molecule has 1 amide bonds. The Bertz CT molecular complexity index is 694. The standard InChI is InChI=1S/C14H11BrN4O/c15-10-6-5-9(8-16)13(7-10)18-14(20)11-3-1-2-4-12(11)19-17/h1-7,19H,17H2,(H,18,20). The predicted octanol–water partition coefficient (Wildman–Crippen LogP) is 2.86. The summed E-state index contributed by atoms with van der Waals surface area (Å²) in [6, 6.07) is 13.9. The second-order valence-electron chi connectivity index (χ2n) is 3.95. The lowest BCUT2D eigenvalue weighted by molar-refractivity contribution is 0.102. The number of nitrogens with two attached hydrogens (primary N) is 1. The zero-order valence-electron chi connectivity index (χ0n) is 10.4. The van der Waals surface area contributed by atoms with E-state index >= 15 is 0 Å². The van der Waals surface area contributed by atoms with E-state index in [0.29, 0.717) is 22.5 Å². The molecule has 0 aromatic heterocycles. The molecule has 0 radical (unpaired) electrons. The maximum absolute atomic E-state index is 12.2. The van der Waals surface area contributed by atoms with Crippen molar-refractivity contribution in [2.75, 3.05) is 10.7 Å². The topological polar surface area (TPSA) is 90.9 Å². The van der Waals surface area contributed by atoms with E-state index in [1.54, 1.807) is 42.5 Å². The smallest absolute Gasteiger partial charge is 0.257 e. The molecule has 0 heterocycles. The van der Waals surface area contributed by atoms with Crippen molar-refractivity contribution in [2.24, 2.45) is 5.84 Å². The minimum Gasteiger partial charge on any atom is -0.323 e. The van der Waals surface area contributed by atoms with Crippen molar-refractivity contribution in [1.29, 1.82) is 5.26 Å². The highest BCUT2D eigenvalue weighted by molar-refractivity contribution is 9.10. The number of nitrogen functional groups attached to an aromatic ring is 1. The van der Waals surface area contributed by atoms with Gasteiger partial charge < -0.3 is 10.7 Å². The van der Waals surface area contributed by atoms with Crippen molar-refractivity contribution >= 4 is 33.2 Å². The van der Waals surface area contributed by atoms with Gasteiger partial charge in [-0.1, -0.05) is 28.1 Å². The van der Waals surface area contributed by atoms with Gasteiger partial charge >= 0.3 is 0 Å². The zero-order valence-corrected chi connectivity index (χ0v) is 11.9. The summed E-state index contributed by atoms with van der Waals surface area (Å²) in [5, 5.41) is 11.8. The number of nitrogens with one attached hydrogen (secondary N) is 2. The summed E-state index contributed by atoms with van der Waals surface area (Å²) < 4.78 is 0.775. The van der Waals surface area contributed by atoms with Crippen LogP contribution < -0.4 is 16.6 Å². The summed E-state index contributed by atoms with van der Waals surface area (Å²) in [5.74, 6) is 5.03. The number of nitrogens with zero attached hydrogens (tertiary/aromatic N) is 1. The summed E-state index contributed by atoms with van der Waals surface area (Å²) in [7, 11) is 0. The first-order valence-corrected chi connectivity index (χ1v) is 6.51. The van der Waals surface area contributed by atoms with E-state index in [1.807, 2.05) is 6.07 Å². The second kappa shape index (κ2) is 6.19. The van der Waals surface area contributed by atoms with Crippen LogP contribution in [0.1, 0.15) is 15.9 Å². The van der Waals surface area contributed by atoms with Gasteiger partial charge in [-0.05, 0) is 30.3 Å². The summed E-state index contributed by atoms with van der Waals surface area (Å²) in [6.45, 7) is 0. The number of hydrogen-bond acceptors (Lipinski definition) is 4. The molecule has 0 unspecified atom stereocenters. The number of hydrogen-bond donors (Lipinski definition) is 3. The highest BCUT2D eigenvalue weighted by Crippen LogP contribution is 2.22. The number of anilines is 2. The fraction of sp³-hybridized carbons (Fsp3) is 0. The number of rotatable bonds is 3. The molecule has 20 heavy (non-hydrogen) atoms. The van der Waals surface area contributed by atoms with Gasteiger partial charge in [-0.25, -0.2) is 0 Å². The molecule has 0 atom stereocenters. The Morgan fingerprint density at radius 2 is 1.95 bits per heavy atom. The molecule has 0 saturated carbocycles. The quantitative estimate of drug-likeness (QED) is 0.596. The van der Waals surface area contributed by atoms with Gasteiger partial charge in [0.15, 0.2) is 0 Å². The molecule has 5 nitrogen and oxygen atoms in total. The summed E-state index contributed by atoms with van der Waals surface area (Å²) in [4.78, 5) is 12.2. The monoisotopic (exact) mass is 330 g/mol. The molecule has 0 bridgehead atoms. The lowest BCUT2D eigenvalue weighted by Gasteiger charge is -2.10. The van der Waals surface area contributed by atoms with Crippen molar-refractivity contribution in [3.63, 3.8) is 0 Å². The van der Waals surface area contributed by atoms with Gasteiger partial charge in [0.25, 0.3) is 5.91 Å². The van der Waals surface area contributed by atoms with Crippen LogP contribution in [0.4, 0.5) is 11.4 Å². The molecule has 0 aliphatic heterocycles. The van der Waals surface area contributed by atoms with Crippen LogP contribution in [0.5, 0.6) is 0 Å². The summed E-state index contributed by atoms with van der Waals surface area (Å²) in [6.07, 6.45) is 0. The number of nitriles is 1. The van der Waals surface area contributed by atoms with Gasteiger partial charge in [-0.3, -0.25) is 10.6 Å². The highest BCUT2D eigenvalue weighted by Gasteiger charge is 2.12. The van der Waals surface area contributed by atoms with Crippen molar-refractivity contribution in [2.45, 2.75) is 0 Å². The van der Waals surface area contributed by atoms with E-state index in [4.69, 9.17) is 11.1 Å². The Morgan fingerprint density at radius 3 is 2.65 bits per heavy atom. The fourth-order valence-electron chi connectivity index (χ4n) is 1.71. The molecule has 0 spiro atoms.